The average molecular weight is 274 g/mol. The van der Waals surface area contributed by atoms with Crippen molar-refractivity contribution in [2.24, 2.45) is 11.8 Å². The number of nitrogens with zero attached hydrogens (tertiary/aromatic N) is 1. The second-order valence-corrected chi connectivity index (χ2v) is 7.39. The Morgan fingerprint density at radius 3 is 3.00 bits per heavy atom. The third-order valence-electron chi connectivity index (χ3n) is 6.40. The lowest BCUT2D eigenvalue weighted by Crippen LogP contribution is -2.22. The van der Waals surface area contributed by atoms with E-state index < -0.39 is 0 Å². The standard InChI is InChI=1S/C19H18N2/c1-2-4-16-13(3-1)18-17-12-6-10-5-11(8-12)14(7-10)15(17)9-20-19(18)21-16/h1-4,9-12,14H,5-8H2,(H,20,21). The maximum Gasteiger partial charge on any atom is 0.138 e. The predicted molar refractivity (Wildman–Crippen MR) is 84.5 cm³/mol. The van der Waals surface area contributed by atoms with Gasteiger partial charge in [-0.15, -0.1) is 0 Å². The van der Waals surface area contributed by atoms with Crippen LogP contribution in [0.5, 0.6) is 0 Å². The first-order valence-corrected chi connectivity index (χ1v) is 8.27. The highest BCUT2D eigenvalue weighted by Crippen LogP contribution is 2.61. The molecule has 2 nitrogen and oxygen atoms in total. The summed E-state index contributed by atoms with van der Waals surface area (Å²) in [7, 11) is 0. The molecule has 4 unspecified atom stereocenters. The molecule has 2 aromatic heterocycles. The minimum Gasteiger partial charge on any atom is -0.339 e. The van der Waals surface area contributed by atoms with Crippen molar-refractivity contribution in [1.29, 1.82) is 0 Å². The van der Waals surface area contributed by atoms with Gasteiger partial charge in [-0.2, -0.15) is 0 Å². The zero-order valence-corrected chi connectivity index (χ0v) is 12.0. The Morgan fingerprint density at radius 1 is 1.05 bits per heavy atom. The summed E-state index contributed by atoms with van der Waals surface area (Å²) >= 11 is 0. The quantitative estimate of drug-likeness (QED) is 0.631. The molecule has 0 spiro atoms. The van der Waals surface area contributed by atoms with Gasteiger partial charge in [0.25, 0.3) is 0 Å². The molecule has 0 aliphatic heterocycles. The molecule has 6 rings (SSSR count). The number of hydrogen-bond donors (Lipinski definition) is 1. The number of aromatic amines is 1. The SMILES string of the molecule is c1ccc2c(c1)[nH]c1ncc3c(c12)C1CC2CC(C1)C3C2. The van der Waals surface area contributed by atoms with Crippen molar-refractivity contribution in [3.05, 3.63) is 41.6 Å². The second kappa shape index (κ2) is 3.49. The van der Waals surface area contributed by atoms with Crippen molar-refractivity contribution in [2.45, 2.75) is 37.5 Å². The number of benzene rings is 1. The molecule has 3 aromatic rings. The van der Waals surface area contributed by atoms with Crippen molar-refractivity contribution in [2.75, 3.05) is 0 Å². The fraction of sp³-hybridized carbons (Fsp3) is 0.421. The molecule has 0 radical (unpaired) electrons. The third-order valence-corrected chi connectivity index (χ3v) is 6.40. The molecule has 3 aliphatic rings. The summed E-state index contributed by atoms with van der Waals surface area (Å²) in [4.78, 5) is 8.31. The summed E-state index contributed by atoms with van der Waals surface area (Å²) in [5.41, 5.74) is 5.57. The molecular formula is C19H18N2. The summed E-state index contributed by atoms with van der Waals surface area (Å²) in [6.07, 6.45) is 7.94. The van der Waals surface area contributed by atoms with Crippen LogP contribution in [0, 0.1) is 11.8 Å². The number of rotatable bonds is 0. The van der Waals surface area contributed by atoms with E-state index in [1.165, 1.54) is 42.0 Å². The van der Waals surface area contributed by atoms with Crippen LogP contribution in [0.15, 0.2) is 30.5 Å². The van der Waals surface area contributed by atoms with E-state index in [9.17, 15) is 0 Å². The molecule has 0 saturated heterocycles. The summed E-state index contributed by atoms with van der Waals surface area (Å²) in [6, 6.07) is 8.70. The van der Waals surface area contributed by atoms with Gasteiger partial charge in [0.05, 0.1) is 0 Å². The average Bonchev–Trinajstić information content (AvgIpc) is 2.99. The van der Waals surface area contributed by atoms with Gasteiger partial charge in [0, 0.05) is 22.5 Å². The van der Waals surface area contributed by atoms with Gasteiger partial charge < -0.3 is 4.98 Å². The first-order chi connectivity index (χ1) is 10.4. The Hall–Kier alpha value is -1.83. The first-order valence-electron chi connectivity index (χ1n) is 8.27. The normalized spacial score (nSPS) is 33.0. The van der Waals surface area contributed by atoms with Gasteiger partial charge in [-0.1, -0.05) is 18.2 Å². The molecule has 4 atom stereocenters. The highest BCUT2D eigenvalue weighted by atomic mass is 14.9. The number of H-pyrrole nitrogens is 1. The van der Waals surface area contributed by atoms with Gasteiger partial charge in [-0.05, 0) is 66.5 Å². The molecule has 2 heteroatoms. The van der Waals surface area contributed by atoms with Crippen molar-refractivity contribution >= 4 is 21.9 Å². The zero-order chi connectivity index (χ0) is 13.6. The molecule has 0 amide bonds. The Labute approximate surface area is 123 Å². The van der Waals surface area contributed by atoms with E-state index in [4.69, 9.17) is 4.98 Å². The van der Waals surface area contributed by atoms with Crippen molar-refractivity contribution in [1.82, 2.24) is 9.97 Å². The summed E-state index contributed by atoms with van der Waals surface area (Å²) < 4.78 is 0. The molecule has 104 valence electrons. The Morgan fingerprint density at radius 2 is 2.00 bits per heavy atom. The predicted octanol–water partition coefficient (Wildman–Crippen LogP) is 4.72. The van der Waals surface area contributed by atoms with E-state index in [1.807, 2.05) is 0 Å². The molecule has 1 aromatic carbocycles. The van der Waals surface area contributed by atoms with E-state index in [0.717, 1.165) is 29.3 Å². The molecule has 2 heterocycles. The first kappa shape index (κ1) is 10.8. The van der Waals surface area contributed by atoms with Gasteiger partial charge >= 0.3 is 0 Å². The number of para-hydroxylation sites is 1. The zero-order valence-electron chi connectivity index (χ0n) is 12.0. The minimum atomic E-state index is 0.784. The van der Waals surface area contributed by atoms with Crippen LogP contribution < -0.4 is 0 Å². The molecule has 21 heavy (non-hydrogen) atoms. The largest absolute Gasteiger partial charge is 0.339 e. The summed E-state index contributed by atoms with van der Waals surface area (Å²) in [5.74, 6) is 3.51. The number of aromatic nitrogens is 2. The van der Waals surface area contributed by atoms with E-state index in [0.29, 0.717) is 0 Å². The molecule has 3 bridgehead atoms. The van der Waals surface area contributed by atoms with E-state index in [-0.39, 0.29) is 0 Å². The summed E-state index contributed by atoms with van der Waals surface area (Å²) in [6.45, 7) is 0. The molecule has 2 saturated carbocycles. The van der Waals surface area contributed by atoms with Gasteiger partial charge in [0.1, 0.15) is 5.65 Å². The van der Waals surface area contributed by atoms with Crippen LogP contribution in [0.2, 0.25) is 0 Å². The maximum absolute atomic E-state index is 4.79. The van der Waals surface area contributed by atoms with Gasteiger partial charge in [-0.25, -0.2) is 4.98 Å². The Bertz CT molecular complexity index is 889. The van der Waals surface area contributed by atoms with Crippen LogP contribution in [-0.4, -0.2) is 9.97 Å². The lowest BCUT2D eigenvalue weighted by molar-refractivity contribution is 0.298. The van der Waals surface area contributed by atoms with Gasteiger partial charge in [-0.3, -0.25) is 0 Å². The smallest absolute Gasteiger partial charge is 0.138 e. The van der Waals surface area contributed by atoms with Crippen LogP contribution >= 0.6 is 0 Å². The Kier molecular flexibility index (Phi) is 1.80. The number of fused-ring (bicyclic) bond motifs is 9. The van der Waals surface area contributed by atoms with E-state index in [1.54, 1.807) is 11.1 Å². The van der Waals surface area contributed by atoms with Crippen molar-refractivity contribution < 1.29 is 0 Å². The van der Waals surface area contributed by atoms with Crippen LogP contribution in [0.4, 0.5) is 0 Å². The van der Waals surface area contributed by atoms with Crippen LogP contribution in [0.1, 0.15) is 48.6 Å². The molecule has 3 aliphatic carbocycles. The number of hydrogen-bond acceptors (Lipinski definition) is 1. The fourth-order valence-corrected chi connectivity index (χ4v) is 5.75. The lowest BCUT2D eigenvalue weighted by atomic mass is 9.68. The minimum absolute atomic E-state index is 0.784. The van der Waals surface area contributed by atoms with Gasteiger partial charge in [0.15, 0.2) is 0 Å². The Balaban J connectivity index is 1.78. The summed E-state index contributed by atoms with van der Waals surface area (Å²) in [5, 5.41) is 2.80. The van der Waals surface area contributed by atoms with E-state index in [2.05, 4.69) is 35.4 Å². The maximum atomic E-state index is 4.79. The molecule has 2 fully saturated rings. The van der Waals surface area contributed by atoms with Gasteiger partial charge in [0.2, 0.25) is 0 Å². The lowest BCUT2D eigenvalue weighted by Gasteiger charge is -2.36. The highest BCUT2D eigenvalue weighted by molar-refractivity contribution is 6.08. The molecule has 1 N–H and O–H groups in total. The van der Waals surface area contributed by atoms with Crippen LogP contribution in [0.25, 0.3) is 21.9 Å². The van der Waals surface area contributed by atoms with E-state index >= 15 is 0 Å². The second-order valence-electron chi connectivity index (χ2n) is 7.39. The third kappa shape index (κ3) is 1.23. The highest BCUT2D eigenvalue weighted by Gasteiger charge is 2.47. The monoisotopic (exact) mass is 274 g/mol. The van der Waals surface area contributed by atoms with Crippen molar-refractivity contribution in [3.63, 3.8) is 0 Å². The number of nitrogens with one attached hydrogen (secondary N) is 1. The van der Waals surface area contributed by atoms with Crippen LogP contribution in [-0.2, 0) is 0 Å². The van der Waals surface area contributed by atoms with Crippen LogP contribution in [0.3, 0.4) is 0 Å². The number of pyridine rings is 1. The fourth-order valence-electron chi connectivity index (χ4n) is 5.75. The van der Waals surface area contributed by atoms with Crippen molar-refractivity contribution in [3.8, 4) is 0 Å². The molecular weight excluding hydrogens is 256 g/mol. The topological polar surface area (TPSA) is 28.7 Å².